The molecule has 0 aliphatic heterocycles. The molecule has 2 aromatic rings. The van der Waals surface area contributed by atoms with Crippen molar-refractivity contribution >= 4 is 11.3 Å². The van der Waals surface area contributed by atoms with Gasteiger partial charge in [0, 0.05) is 18.1 Å². The molecule has 0 aliphatic carbocycles. The molecule has 0 aromatic carbocycles. The van der Waals surface area contributed by atoms with Gasteiger partial charge in [-0.2, -0.15) is 5.10 Å². The minimum atomic E-state index is 1.04. The first-order valence-electron chi connectivity index (χ1n) is 4.35. The highest BCUT2D eigenvalue weighted by Crippen LogP contribution is 2.11. The minimum absolute atomic E-state index is 1.04. The van der Waals surface area contributed by atoms with Gasteiger partial charge in [0.1, 0.15) is 0 Å². The zero-order valence-electron chi connectivity index (χ0n) is 7.60. The Labute approximate surface area is 81.8 Å². The molecule has 0 atom stereocenters. The molecule has 0 unspecified atom stereocenters. The van der Waals surface area contributed by atoms with Gasteiger partial charge in [0.05, 0.1) is 5.69 Å². The molecule has 0 saturated heterocycles. The van der Waals surface area contributed by atoms with Crippen LogP contribution in [0.15, 0.2) is 29.8 Å². The van der Waals surface area contributed by atoms with Crippen LogP contribution in [-0.2, 0) is 19.9 Å². The number of aromatic nitrogens is 2. The maximum atomic E-state index is 4.33. The van der Waals surface area contributed by atoms with Crippen molar-refractivity contribution in [3.63, 3.8) is 0 Å². The fourth-order valence-electron chi connectivity index (χ4n) is 1.30. The maximum absolute atomic E-state index is 4.33. The average molecular weight is 192 g/mol. The molecule has 68 valence electrons. The second-order valence-corrected chi connectivity index (χ2v) is 4.09. The van der Waals surface area contributed by atoms with E-state index in [0.29, 0.717) is 0 Å². The van der Waals surface area contributed by atoms with Gasteiger partial charge in [-0.15, -0.1) is 11.3 Å². The Hall–Kier alpha value is -1.09. The van der Waals surface area contributed by atoms with Crippen LogP contribution < -0.4 is 0 Å². The minimum Gasteiger partial charge on any atom is -0.276 e. The van der Waals surface area contributed by atoms with Gasteiger partial charge in [-0.05, 0) is 30.4 Å². The molecule has 0 spiro atoms. The van der Waals surface area contributed by atoms with Crippen LogP contribution in [0.4, 0.5) is 0 Å². The molecule has 3 heteroatoms. The summed E-state index contributed by atoms with van der Waals surface area (Å²) in [6.07, 6.45) is 4.14. The lowest BCUT2D eigenvalue weighted by molar-refractivity contribution is 0.738. The van der Waals surface area contributed by atoms with E-state index in [1.807, 2.05) is 29.3 Å². The summed E-state index contributed by atoms with van der Waals surface area (Å²) in [5.41, 5.74) is 1.18. The van der Waals surface area contributed by atoms with Crippen LogP contribution in [0, 0.1) is 0 Å². The fraction of sp³-hybridized carbons (Fsp3) is 0.300. The van der Waals surface area contributed by atoms with Gasteiger partial charge >= 0.3 is 0 Å². The second kappa shape index (κ2) is 3.75. The molecular formula is C10H12N2S. The third-order valence-corrected chi connectivity index (χ3v) is 2.91. The quantitative estimate of drug-likeness (QED) is 0.729. The van der Waals surface area contributed by atoms with Crippen LogP contribution in [0.3, 0.4) is 0 Å². The molecule has 0 aliphatic rings. The van der Waals surface area contributed by atoms with Gasteiger partial charge in [0.2, 0.25) is 0 Å². The van der Waals surface area contributed by atoms with Crippen molar-refractivity contribution in [2.24, 2.45) is 7.05 Å². The Bertz CT molecular complexity index is 362. The predicted octanol–water partition coefficient (Wildman–Crippen LogP) is 2.27. The molecule has 0 N–H and O–H groups in total. The molecule has 13 heavy (non-hydrogen) atoms. The molecule has 0 saturated carbocycles. The monoisotopic (exact) mass is 192 g/mol. The summed E-state index contributed by atoms with van der Waals surface area (Å²) in [5.74, 6) is 0. The Morgan fingerprint density at radius 2 is 2.31 bits per heavy atom. The Morgan fingerprint density at radius 1 is 1.38 bits per heavy atom. The van der Waals surface area contributed by atoms with E-state index in [4.69, 9.17) is 0 Å². The smallest absolute Gasteiger partial charge is 0.0628 e. The van der Waals surface area contributed by atoms with Crippen molar-refractivity contribution in [1.82, 2.24) is 9.78 Å². The molecule has 0 amide bonds. The van der Waals surface area contributed by atoms with Crippen molar-refractivity contribution in [2.75, 3.05) is 0 Å². The van der Waals surface area contributed by atoms with Crippen LogP contribution in [0.25, 0.3) is 0 Å². The van der Waals surface area contributed by atoms with E-state index in [1.54, 1.807) is 0 Å². The van der Waals surface area contributed by atoms with Crippen molar-refractivity contribution in [2.45, 2.75) is 12.8 Å². The molecule has 2 heterocycles. The average Bonchev–Trinajstić information content (AvgIpc) is 2.71. The third kappa shape index (κ3) is 2.18. The largest absolute Gasteiger partial charge is 0.276 e. The lowest BCUT2D eigenvalue weighted by atomic mass is 10.2. The van der Waals surface area contributed by atoms with Crippen LogP contribution >= 0.6 is 11.3 Å². The summed E-state index contributed by atoms with van der Waals surface area (Å²) < 4.78 is 1.85. The van der Waals surface area contributed by atoms with Crippen molar-refractivity contribution in [3.05, 3.63) is 40.3 Å². The first-order chi connectivity index (χ1) is 6.34. The highest BCUT2D eigenvalue weighted by atomic mass is 32.1. The lowest BCUT2D eigenvalue weighted by Gasteiger charge is -1.93. The van der Waals surface area contributed by atoms with E-state index in [-0.39, 0.29) is 0 Å². The first-order valence-corrected chi connectivity index (χ1v) is 5.23. The van der Waals surface area contributed by atoms with E-state index in [2.05, 4.69) is 28.7 Å². The number of rotatable bonds is 3. The summed E-state index contributed by atoms with van der Waals surface area (Å²) in [5, 5.41) is 6.45. The van der Waals surface area contributed by atoms with Crippen LogP contribution in [0.1, 0.15) is 10.6 Å². The summed E-state index contributed by atoms with van der Waals surface area (Å²) in [4.78, 5) is 1.44. The Morgan fingerprint density at radius 3 is 2.92 bits per heavy atom. The molecule has 2 nitrogen and oxygen atoms in total. The zero-order valence-corrected chi connectivity index (χ0v) is 8.42. The predicted molar refractivity (Wildman–Crippen MR) is 54.9 cm³/mol. The Balaban J connectivity index is 1.93. The summed E-state index contributed by atoms with van der Waals surface area (Å²) in [7, 11) is 1.95. The van der Waals surface area contributed by atoms with Gasteiger partial charge in [0.15, 0.2) is 0 Å². The normalized spacial score (nSPS) is 10.5. The third-order valence-electron chi connectivity index (χ3n) is 1.98. The second-order valence-electron chi connectivity index (χ2n) is 3.06. The SMILES string of the molecule is Cn1ccc(CCc2cccs2)n1. The first kappa shape index (κ1) is 8.51. The van der Waals surface area contributed by atoms with E-state index in [1.165, 1.54) is 10.6 Å². The van der Waals surface area contributed by atoms with Gasteiger partial charge in [-0.1, -0.05) is 6.07 Å². The molecule has 0 bridgehead atoms. The van der Waals surface area contributed by atoms with Crippen molar-refractivity contribution < 1.29 is 0 Å². The highest BCUT2D eigenvalue weighted by molar-refractivity contribution is 7.09. The number of nitrogens with zero attached hydrogens (tertiary/aromatic N) is 2. The maximum Gasteiger partial charge on any atom is 0.0628 e. The van der Waals surface area contributed by atoms with Crippen LogP contribution in [0.5, 0.6) is 0 Å². The topological polar surface area (TPSA) is 17.8 Å². The van der Waals surface area contributed by atoms with E-state index >= 15 is 0 Å². The molecule has 2 rings (SSSR count). The van der Waals surface area contributed by atoms with E-state index < -0.39 is 0 Å². The van der Waals surface area contributed by atoms with Crippen molar-refractivity contribution in [1.29, 1.82) is 0 Å². The highest BCUT2D eigenvalue weighted by Gasteiger charge is 1.98. The number of hydrogen-bond donors (Lipinski definition) is 0. The number of aryl methyl sites for hydroxylation is 3. The molecule has 0 radical (unpaired) electrons. The van der Waals surface area contributed by atoms with Crippen LogP contribution in [-0.4, -0.2) is 9.78 Å². The van der Waals surface area contributed by atoms with E-state index in [9.17, 15) is 0 Å². The van der Waals surface area contributed by atoms with Crippen molar-refractivity contribution in [3.8, 4) is 0 Å². The van der Waals surface area contributed by atoms with Gasteiger partial charge in [-0.3, -0.25) is 4.68 Å². The van der Waals surface area contributed by atoms with Gasteiger partial charge < -0.3 is 0 Å². The molecular weight excluding hydrogens is 180 g/mol. The number of hydrogen-bond acceptors (Lipinski definition) is 2. The standard InChI is InChI=1S/C10H12N2S/c1-12-7-6-9(11-12)4-5-10-3-2-8-13-10/h2-3,6-8H,4-5H2,1H3. The number of thiophene rings is 1. The van der Waals surface area contributed by atoms with Crippen LogP contribution in [0.2, 0.25) is 0 Å². The zero-order chi connectivity index (χ0) is 9.10. The van der Waals surface area contributed by atoms with Gasteiger partial charge in [-0.25, -0.2) is 0 Å². The summed E-state index contributed by atoms with van der Waals surface area (Å²) in [6, 6.07) is 6.35. The molecule has 0 fully saturated rings. The van der Waals surface area contributed by atoms with Gasteiger partial charge in [0.25, 0.3) is 0 Å². The Kier molecular flexibility index (Phi) is 2.45. The summed E-state index contributed by atoms with van der Waals surface area (Å²) in [6.45, 7) is 0. The molecule has 2 aromatic heterocycles. The fourth-order valence-corrected chi connectivity index (χ4v) is 2.01. The lowest BCUT2D eigenvalue weighted by Crippen LogP contribution is -1.93. The van der Waals surface area contributed by atoms with E-state index in [0.717, 1.165) is 12.8 Å². The summed E-state index contributed by atoms with van der Waals surface area (Å²) >= 11 is 1.81.